The van der Waals surface area contributed by atoms with Crippen LogP contribution in [0.5, 0.6) is 17.2 Å². The molecule has 3 aromatic carbocycles. The van der Waals surface area contributed by atoms with Crippen LogP contribution in [0.1, 0.15) is 62.1 Å². The Bertz CT molecular complexity index is 1610. The molecule has 2 unspecified atom stereocenters. The van der Waals surface area contributed by atoms with Gasteiger partial charge in [0.05, 0.1) is 25.9 Å². The molecule has 8 nitrogen and oxygen atoms in total. The van der Waals surface area contributed by atoms with Gasteiger partial charge in [-0.05, 0) is 67.1 Å². The van der Waals surface area contributed by atoms with Crippen LogP contribution in [-0.4, -0.2) is 38.0 Å². The Morgan fingerprint density at radius 1 is 0.932 bits per heavy atom. The van der Waals surface area contributed by atoms with E-state index in [1.54, 1.807) is 25.3 Å². The average molecular weight is 596 g/mol. The second-order valence-electron chi connectivity index (χ2n) is 10.9. The number of carbonyl (C=O) groups excluding carboxylic acids is 3. The van der Waals surface area contributed by atoms with Crippen LogP contribution in [-0.2, 0) is 25.5 Å². The van der Waals surface area contributed by atoms with Gasteiger partial charge in [0, 0.05) is 42.7 Å². The highest BCUT2D eigenvalue weighted by atomic mass is 16.6. The molecule has 0 radical (unpaired) electrons. The lowest BCUT2D eigenvalue weighted by atomic mass is 9.71. The van der Waals surface area contributed by atoms with E-state index < -0.39 is 17.9 Å². The maximum Gasteiger partial charge on any atom is 0.336 e. The van der Waals surface area contributed by atoms with Crippen LogP contribution in [0.4, 0.5) is 0 Å². The van der Waals surface area contributed by atoms with Crippen molar-refractivity contribution in [3.63, 3.8) is 0 Å². The first-order chi connectivity index (χ1) is 21.3. The Kier molecular flexibility index (Phi) is 9.48. The highest BCUT2D eigenvalue weighted by Gasteiger charge is 2.41. The number of methoxy groups -OCH3 is 1. The summed E-state index contributed by atoms with van der Waals surface area (Å²) in [5.74, 6) is -0.353. The van der Waals surface area contributed by atoms with Crippen LogP contribution < -0.4 is 19.5 Å². The van der Waals surface area contributed by atoms with E-state index in [-0.39, 0.29) is 24.1 Å². The summed E-state index contributed by atoms with van der Waals surface area (Å²) in [6.07, 6.45) is 1.46. The van der Waals surface area contributed by atoms with Crippen LogP contribution in [0.25, 0.3) is 0 Å². The van der Waals surface area contributed by atoms with Crippen molar-refractivity contribution in [2.24, 2.45) is 0 Å². The number of ether oxygens (including phenoxy) is 4. The minimum atomic E-state index is -0.689. The third-order valence-corrected chi connectivity index (χ3v) is 7.96. The van der Waals surface area contributed by atoms with Gasteiger partial charge in [-0.1, -0.05) is 48.5 Å². The molecule has 1 aliphatic heterocycles. The molecule has 8 heteroatoms. The minimum Gasteiger partial charge on any atom is -0.497 e. The Morgan fingerprint density at radius 2 is 1.66 bits per heavy atom. The molecule has 1 N–H and O–H groups in total. The molecule has 0 aromatic heterocycles. The van der Waals surface area contributed by atoms with Crippen LogP contribution in [0.15, 0.2) is 95.3 Å². The number of hydrogen-bond donors (Lipinski definition) is 1. The predicted octanol–water partition coefficient (Wildman–Crippen LogP) is 6.17. The smallest absolute Gasteiger partial charge is 0.336 e. The largest absolute Gasteiger partial charge is 0.497 e. The summed E-state index contributed by atoms with van der Waals surface area (Å²) in [6.45, 7) is 5.52. The molecule has 0 bridgehead atoms. The van der Waals surface area contributed by atoms with Crippen LogP contribution in [0, 0.1) is 0 Å². The second kappa shape index (κ2) is 13.6. The summed E-state index contributed by atoms with van der Waals surface area (Å²) >= 11 is 0. The topological polar surface area (TPSA) is 100 Å². The maximum absolute atomic E-state index is 14.0. The molecule has 3 aromatic rings. The molecule has 0 spiro atoms. The van der Waals surface area contributed by atoms with Crippen molar-refractivity contribution in [2.45, 2.75) is 51.9 Å². The molecular formula is C36H37NO7. The number of Topliss-reactive ketones (excluding diaryl/α,β-unsaturated/α-hetero) is 1. The lowest BCUT2D eigenvalue weighted by Gasteiger charge is -2.37. The van der Waals surface area contributed by atoms with Crippen molar-refractivity contribution < 1.29 is 33.3 Å². The number of rotatable bonds is 10. The van der Waals surface area contributed by atoms with Gasteiger partial charge < -0.3 is 24.3 Å². The summed E-state index contributed by atoms with van der Waals surface area (Å²) in [7, 11) is 1.62. The van der Waals surface area contributed by atoms with Crippen molar-refractivity contribution in [1.82, 2.24) is 5.32 Å². The number of nitrogens with one attached hydrogen (secondary N) is 1. The number of dihydropyridines is 1. The van der Waals surface area contributed by atoms with Gasteiger partial charge in [-0.3, -0.25) is 9.59 Å². The van der Waals surface area contributed by atoms with Gasteiger partial charge in [-0.15, -0.1) is 0 Å². The van der Waals surface area contributed by atoms with Crippen molar-refractivity contribution in [1.29, 1.82) is 0 Å². The molecular weight excluding hydrogens is 558 g/mol. The molecule has 2 atom stereocenters. The van der Waals surface area contributed by atoms with E-state index >= 15 is 0 Å². The van der Waals surface area contributed by atoms with E-state index in [1.165, 1.54) is 6.92 Å². The molecule has 1 aliphatic carbocycles. The van der Waals surface area contributed by atoms with Crippen LogP contribution >= 0.6 is 0 Å². The fourth-order valence-electron chi connectivity index (χ4n) is 5.95. The molecule has 0 saturated carbocycles. The molecule has 1 heterocycles. The predicted molar refractivity (Wildman–Crippen MR) is 166 cm³/mol. The monoisotopic (exact) mass is 595 g/mol. The highest BCUT2D eigenvalue weighted by Crippen LogP contribution is 2.47. The Morgan fingerprint density at radius 3 is 2.34 bits per heavy atom. The van der Waals surface area contributed by atoms with Gasteiger partial charge in [0.2, 0.25) is 0 Å². The zero-order valence-corrected chi connectivity index (χ0v) is 25.5. The van der Waals surface area contributed by atoms with E-state index in [1.807, 2.05) is 68.4 Å². The third kappa shape index (κ3) is 6.70. The number of carbonyl (C=O) groups is 3. The number of benzene rings is 3. The summed E-state index contributed by atoms with van der Waals surface area (Å²) in [5.41, 5.74) is 5.10. The summed E-state index contributed by atoms with van der Waals surface area (Å²) < 4.78 is 22.3. The lowest BCUT2D eigenvalue weighted by molar-refractivity contribution is -0.139. The van der Waals surface area contributed by atoms with E-state index in [4.69, 9.17) is 18.9 Å². The zero-order valence-electron chi connectivity index (χ0n) is 25.5. The Balaban J connectivity index is 1.52. The average Bonchev–Trinajstić information content (AvgIpc) is 3.01. The second-order valence-corrected chi connectivity index (χ2v) is 10.9. The first kappa shape index (κ1) is 30.6. The zero-order chi connectivity index (χ0) is 31.2. The SMILES string of the molecule is CCOc1cc(C2C(C(=O)OCCc3ccccc3)=C(C)NC3=C2C(=O)CC(c2ccc(OC)cc2)C3)ccc1OC(C)=O. The maximum atomic E-state index is 14.0. The third-order valence-electron chi connectivity index (χ3n) is 7.96. The molecule has 228 valence electrons. The lowest BCUT2D eigenvalue weighted by Crippen LogP contribution is -2.36. The summed E-state index contributed by atoms with van der Waals surface area (Å²) in [6, 6.07) is 22.7. The quantitative estimate of drug-likeness (QED) is 0.220. The number of hydrogen-bond acceptors (Lipinski definition) is 8. The van der Waals surface area contributed by atoms with E-state index in [9.17, 15) is 14.4 Å². The molecule has 44 heavy (non-hydrogen) atoms. The summed E-state index contributed by atoms with van der Waals surface area (Å²) in [5, 5.41) is 3.40. The van der Waals surface area contributed by atoms with E-state index in [0.717, 1.165) is 22.6 Å². The van der Waals surface area contributed by atoms with Crippen LogP contribution in [0.3, 0.4) is 0 Å². The number of ketones is 1. The van der Waals surface area contributed by atoms with Gasteiger partial charge in [0.1, 0.15) is 5.75 Å². The Hall–Kier alpha value is -4.85. The fourth-order valence-corrected chi connectivity index (χ4v) is 5.95. The number of esters is 2. The summed E-state index contributed by atoms with van der Waals surface area (Å²) in [4.78, 5) is 39.5. The first-order valence-electron chi connectivity index (χ1n) is 14.8. The molecule has 0 amide bonds. The molecule has 2 aliphatic rings. The normalized spacial score (nSPS) is 17.9. The van der Waals surface area contributed by atoms with Gasteiger partial charge in [-0.2, -0.15) is 0 Å². The first-order valence-corrected chi connectivity index (χ1v) is 14.8. The van der Waals surface area contributed by atoms with Crippen molar-refractivity contribution in [3.8, 4) is 17.2 Å². The van der Waals surface area contributed by atoms with Gasteiger partial charge in [0.15, 0.2) is 17.3 Å². The van der Waals surface area contributed by atoms with E-state index in [0.29, 0.717) is 54.0 Å². The van der Waals surface area contributed by atoms with Crippen molar-refractivity contribution >= 4 is 17.7 Å². The number of allylic oxidation sites excluding steroid dienone is 3. The molecule has 5 rings (SSSR count). The fraction of sp³-hybridized carbons (Fsp3) is 0.306. The molecule has 0 fully saturated rings. The highest BCUT2D eigenvalue weighted by molar-refractivity contribution is 6.04. The van der Waals surface area contributed by atoms with E-state index in [2.05, 4.69) is 5.32 Å². The van der Waals surface area contributed by atoms with Crippen molar-refractivity contribution in [3.05, 3.63) is 112 Å². The van der Waals surface area contributed by atoms with Gasteiger partial charge in [-0.25, -0.2) is 4.79 Å². The minimum absolute atomic E-state index is 0.0298. The van der Waals surface area contributed by atoms with Crippen molar-refractivity contribution in [2.75, 3.05) is 20.3 Å². The standard InChI is InChI=1S/C36H37NO7/c1-5-42-32-21-26(13-16-31(32)44-23(3)38)34-33(36(40)43-18-17-24-9-7-6-8-10-24)22(2)37-29-19-27(20-30(39)35(29)34)25-11-14-28(41-4)15-12-25/h6-16,21,27,34,37H,5,17-20H2,1-4H3. The molecule has 0 saturated heterocycles. The van der Waals surface area contributed by atoms with Crippen LogP contribution in [0.2, 0.25) is 0 Å². The van der Waals surface area contributed by atoms with Gasteiger partial charge in [0.25, 0.3) is 0 Å². The Labute approximate surface area is 257 Å². The van der Waals surface area contributed by atoms with Gasteiger partial charge >= 0.3 is 11.9 Å².